The van der Waals surface area contributed by atoms with Gasteiger partial charge in [0.05, 0.1) is 16.6 Å². The van der Waals surface area contributed by atoms with Gasteiger partial charge in [0.1, 0.15) is 0 Å². The number of aromatic nitrogens is 1. The van der Waals surface area contributed by atoms with Crippen molar-refractivity contribution in [3.63, 3.8) is 0 Å². The molecule has 24 heavy (non-hydrogen) atoms. The molecule has 3 nitrogen and oxygen atoms in total. The first-order chi connectivity index (χ1) is 11.8. The molecule has 0 bridgehead atoms. The predicted octanol–water partition coefficient (Wildman–Crippen LogP) is 4.02. The van der Waals surface area contributed by atoms with Crippen molar-refractivity contribution >= 4 is 49.9 Å². The van der Waals surface area contributed by atoms with Gasteiger partial charge in [0.2, 0.25) is 0 Å². The van der Waals surface area contributed by atoms with Crippen molar-refractivity contribution in [1.82, 2.24) is 4.40 Å². The largest absolute Gasteiger partial charge is 0.305 e. The zero-order valence-electron chi connectivity index (χ0n) is 12.4. The lowest BCUT2D eigenvalue weighted by molar-refractivity contribution is 1.21. The molecule has 0 amide bonds. The Balaban J connectivity index is 2.22. The molecule has 4 heteroatoms. The number of benzene rings is 3. The highest BCUT2D eigenvalue weighted by Gasteiger charge is 2.23. The van der Waals surface area contributed by atoms with Gasteiger partial charge in [-0.25, -0.2) is 0 Å². The van der Waals surface area contributed by atoms with Gasteiger partial charge >= 0.3 is 0 Å². The van der Waals surface area contributed by atoms with Gasteiger partial charge in [-0.2, -0.15) is 0 Å². The van der Waals surface area contributed by atoms with E-state index in [2.05, 4.69) is 4.40 Å². The minimum absolute atomic E-state index is 0.00354. The Hall–Kier alpha value is -2.85. The molecule has 0 fully saturated rings. The van der Waals surface area contributed by atoms with Crippen LogP contribution in [0.2, 0.25) is 0 Å². The maximum atomic E-state index is 13.0. The zero-order valence-corrected chi connectivity index (χ0v) is 13.2. The van der Waals surface area contributed by atoms with Crippen molar-refractivity contribution in [3.8, 4) is 0 Å². The van der Waals surface area contributed by atoms with Gasteiger partial charge in [-0.1, -0.05) is 30.0 Å². The van der Waals surface area contributed by atoms with Crippen molar-refractivity contribution in [2.24, 2.45) is 0 Å². The second-order valence-electron chi connectivity index (χ2n) is 6.10. The quantitative estimate of drug-likeness (QED) is 0.312. The molecule has 3 heterocycles. The summed E-state index contributed by atoms with van der Waals surface area (Å²) in [6.07, 6.45) is 0. The lowest BCUT2D eigenvalue weighted by atomic mass is 10.0. The Morgan fingerprint density at radius 1 is 0.583 bits per heavy atom. The topological polar surface area (TPSA) is 38.5 Å². The zero-order chi connectivity index (χ0) is 16.0. The minimum Gasteiger partial charge on any atom is -0.305 e. The van der Waals surface area contributed by atoms with E-state index < -0.39 is 0 Å². The number of pyridine rings is 2. The van der Waals surface area contributed by atoms with Crippen molar-refractivity contribution < 1.29 is 0 Å². The summed E-state index contributed by atoms with van der Waals surface area (Å²) in [6, 6.07) is 17.1. The van der Waals surface area contributed by atoms with Gasteiger partial charge in [-0.05, 0) is 36.4 Å². The van der Waals surface area contributed by atoms with Crippen LogP contribution in [-0.4, -0.2) is 4.40 Å². The molecule has 0 unspecified atom stereocenters. The number of rotatable bonds is 0. The SMILES string of the molecule is O=c1c2cccc3c2n2c4c(cccc4c(=O)c4cccc1c42)S3. The lowest BCUT2D eigenvalue weighted by Crippen LogP contribution is -2.16. The van der Waals surface area contributed by atoms with Crippen LogP contribution in [0, 0.1) is 0 Å². The summed E-state index contributed by atoms with van der Waals surface area (Å²) in [5.41, 5.74) is 2.57. The van der Waals surface area contributed by atoms with Crippen LogP contribution in [-0.2, 0) is 0 Å². The highest BCUT2D eigenvalue weighted by molar-refractivity contribution is 7.99. The summed E-state index contributed by atoms with van der Waals surface area (Å²) in [4.78, 5) is 28.1. The molecule has 6 rings (SSSR count). The smallest absolute Gasteiger partial charge is 0.197 e. The van der Waals surface area contributed by atoms with Crippen molar-refractivity contribution in [2.75, 3.05) is 0 Å². The highest BCUT2D eigenvalue weighted by Crippen LogP contribution is 2.42. The average Bonchev–Trinajstić information content (AvgIpc) is 2.62. The molecule has 0 spiro atoms. The van der Waals surface area contributed by atoms with E-state index in [1.807, 2.05) is 48.5 Å². The van der Waals surface area contributed by atoms with Gasteiger partial charge in [-0.3, -0.25) is 9.59 Å². The minimum atomic E-state index is -0.00354. The predicted molar refractivity (Wildman–Crippen MR) is 97.8 cm³/mol. The molecule has 112 valence electrons. The third-order valence-corrected chi connectivity index (χ3v) is 6.00. The fourth-order valence-corrected chi connectivity index (χ4v) is 5.06. The molecule has 0 aliphatic carbocycles. The molecule has 5 aromatic rings. The molecule has 1 aliphatic rings. The number of para-hydroxylation sites is 3. The van der Waals surface area contributed by atoms with E-state index in [0.29, 0.717) is 21.5 Å². The second kappa shape index (κ2) is 3.97. The first-order valence-electron chi connectivity index (χ1n) is 7.72. The first kappa shape index (κ1) is 12.6. The Morgan fingerprint density at radius 2 is 1.00 bits per heavy atom. The molecular formula is C20H9NO2S. The van der Waals surface area contributed by atoms with E-state index in [1.165, 1.54) is 0 Å². The molecule has 3 aromatic carbocycles. The van der Waals surface area contributed by atoms with E-state index in [4.69, 9.17) is 0 Å². The van der Waals surface area contributed by atoms with E-state index in [0.717, 1.165) is 26.3 Å². The summed E-state index contributed by atoms with van der Waals surface area (Å²) in [7, 11) is 0. The Labute approximate surface area is 139 Å². The van der Waals surface area contributed by atoms with Crippen molar-refractivity contribution in [3.05, 3.63) is 75.0 Å². The van der Waals surface area contributed by atoms with Gasteiger partial charge < -0.3 is 4.40 Å². The summed E-state index contributed by atoms with van der Waals surface area (Å²) >= 11 is 1.63. The van der Waals surface area contributed by atoms with Crippen LogP contribution in [0.25, 0.3) is 38.1 Å². The van der Waals surface area contributed by atoms with Gasteiger partial charge in [0.25, 0.3) is 0 Å². The maximum Gasteiger partial charge on any atom is 0.197 e. The Kier molecular flexibility index (Phi) is 2.08. The maximum absolute atomic E-state index is 13.0. The average molecular weight is 327 g/mol. The molecule has 2 aromatic heterocycles. The summed E-state index contributed by atoms with van der Waals surface area (Å²) < 4.78 is 2.12. The van der Waals surface area contributed by atoms with Crippen LogP contribution < -0.4 is 10.9 Å². The Morgan fingerprint density at radius 3 is 1.50 bits per heavy atom. The van der Waals surface area contributed by atoms with Crippen LogP contribution in [0.1, 0.15) is 0 Å². The molecular weight excluding hydrogens is 318 g/mol. The Bertz CT molecular complexity index is 1360. The van der Waals surface area contributed by atoms with Gasteiger partial charge in [0, 0.05) is 31.3 Å². The highest BCUT2D eigenvalue weighted by atomic mass is 32.2. The molecule has 0 N–H and O–H groups in total. The van der Waals surface area contributed by atoms with E-state index in [-0.39, 0.29) is 10.9 Å². The summed E-state index contributed by atoms with van der Waals surface area (Å²) in [5, 5.41) is 2.63. The van der Waals surface area contributed by atoms with Crippen LogP contribution in [0.4, 0.5) is 0 Å². The number of hydrogen-bond acceptors (Lipinski definition) is 3. The summed E-state index contributed by atoms with van der Waals surface area (Å²) in [6.45, 7) is 0. The van der Waals surface area contributed by atoms with Crippen LogP contribution in [0.3, 0.4) is 0 Å². The summed E-state index contributed by atoms with van der Waals surface area (Å²) in [5.74, 6) is 0. The fourth-order valence-electron chi connectivity index (χ4n) is 3.93. The van der Waals surface area contributed by atoms with Crippen LogP contribution in [0.5, 0.6) is 0 Å². The third-order valence-electron chi connectivity index (χ3n) is 4.90. The molecule has 1 aliphatic heterocycles. The number of nitrogens with zero attached hydrogens (tertiary/aromatic N) is 1. The third kappa shape index (κ3) is 1.25. The lowest BCUT2D eigenvalue weighted by Gasteiger charge is -2.21. The molecule has 0 atom stereocenters. The van der Waals surface area contributed by atoms with Gasteiger partial charge in [-0.15, -0.1) is 0 Å². The fraction of sp³-hybridized carbons (Fsp3) is 0. The normalized spacial score (nSPS) is 13.2. The first-order valence-corrected chi connectivity index (χ1v) is 8.54. The van der Waals surface area contributed by atoms with Crippen LogP contribution in [0.15, 0.2) is 74.0 Å². The van der Waals surface area contributed by atoms with Crippen molar-refractivity contribution in [1.29, 1.82) is 0 Å². The van der Waals surface area contributed by atoms with Crippen molar-refractivity contribution in [2.45, 2.75) is 9.79 Å². The van der Waals surface area contributed by atoms with E-state index in [1.54, 1.807) is 17.8 Å². The van der Waals surface area contributed by atoms with Gasteiger partial charge in [0.15, 0.2) is 10.9 Å². The molecule has 0 saturated heterocycles. The van der Waals surface area contributed by atoms with E-state index in [9.17, 15) is 9.59 Å². The second-order valence-corrected chi connectivity index (χ2v) is 7.19. The molecule has 0 saturated carbocycles. The number of hydrogen-bond donors (Lipinski definition) is 0. The van der Waals surface area contributed by atoms with E-state index >= 15 is 0 Å². The standard InChI is InChI=1S/C20H9NO2S/c22-19-10-4-1-5-11-16(10)21-17-12(19)6-2-8-14(17)24-15-9-3-7-13(18(15)21)20(11)23/h1-9H. The monoisotopic (exact) mass is 327 g/mol. The molecule has 0 radical (unpaired) electrons. The van der Waals surface area contributed by atoms with Crippen LogP contribution >= 0.6 is 11.8 Å².